The molecule has 0 saturated carbocycles. The lowest BCUT2D eigenvalue weighted by molar-refractivity contribution is 0.00708. The maximum atomic E-state index is 11.7. The van der Waals surface area contributed by atoms with Gasteiger partial charge in [0.25, 0.3) is 0 Å². The molecule has 0 heterocycles. The first-order chi connectivity index (χ1) is 7.33. The molecule has 0 saturated heterocycles. The highest BCUT2D eigenvalue weighted by molar-refractivity contribution is 5.95. The first kappa shape index (κ1) is 12.1. The number of hydrogen-bond acceptors (Lipinski definition) is 4. The Balaban J connectivity index is 3.04. The number of carbonyl (C=O) groups is 1. The normalized spacial score (nSPS) is 10.6. The number of ether oxygens (including phenoxy) is 1. The van der Waals surface area contributed by atoms with E-state index >= 15 is 0 Å². The van der Waals surface area contributed by atoms with Crippen LogP contribution in [0.2, 0.25) is 0 Å². The van der Waals surface area contributed by atoms with Gasteiger partial charge in [-0.3, -0.25) is 0 Å². The molecule has 1 aromatic carbocycles. The molecular weight excluding hydrogens is 204 g/mol. The smallest absolute Gasteiger partial charge is 0.340 e. The van der Waals surface area contributed by atoms with Crippen LogP contribution in [-0.2, 0) is 4.74 Å². The largest absolute Gasteiger partial charge is 0.456 e. The average Bonchev–Trinajstić information content (AvgIpc) is 2.15. The number of anilines is 1. The zero-order chi connectivity index (χ0) is 12.3. The molecule has 0 unspecified atom stereocenters. The van der Waals surface area contributed by atoms with Crippen LogP contribution in [0.15, 0.2) is 18.2 Å². The Morgan fingerprint density at radius 1 is 1.44 bits per heavy atom. The summed E-state index contributed by atoms with van der Waals surface area (Å²) in [5.41, 5.74) is 6.00. The van der Waals surface area contributed by atoms with E-state index in [1.54, 1.807) is 26.8 Å². The maximum Gasteiger partial charge on any atom is 0.340 e. The molecule has 0 aliphatic carbocycles. The van der Waals surface area contributed by atoms with E-state index in [1.165, 1.54) is 12.1 Å². The van der Waals surface area contributed by atoms with Crippen molar-refractivity contribution in [1.29, 1.82) is 5.26 Å². The third-order valence-corrected chi connectivity index (χ3v) is 1.80. The Labute approximate surface area is 94.6 Å². The molecule has 0 spiro atoms. The van der Waals surface area contributed by atoms with Crippen LogP contribution >= 0.6 is 0 Å². The number of nitrogen functional groups attached to an aromatic ring is 1. The summed E-state index contributed by atoms with van der Waals surface area (Å²) in [6.07, 6.45) is 0. The van der Waals surface area contributed by atoms with Crippen molar-refractivity contribution in [3.63, 3.8) is 0 Å². The number of hydrogen-bond donors (Lipinski definition) is 1. The van der Waals surface area contributed by atoms with E-state index in [4.69, 9.17) is 15.7 Å². The van der Waals surface area contributed by atoms with E-state index in [1.807, 2.05) is 6.07 Å². The molecule has 0 amide bonds. The summed E-state index contributed by atoms with van der Waals surface area (Å²) in [4.78, 5) is 11.7. The van der Waals surface area contributed by atoms with Crippen molar-refractivity contribution in [2.24, 2.45) is 0 Å². The second-order valence-corrected chi connectivity index (χ2v) is 4.42. The Bertz CT molecular complexity index is 453. The minimum Gasteiger partial charge on any atom is -0.456 e. The first-order valence-corrected chi connectivity index (χ1v) is 4.86. The number of rotatable bonds is 1. The van der Waals surface area contributed by atoms with Crippen molar-refractivity contribution in [2.45, 2.75) is 26.4 Å². The Hall–Kier alpha value is -2.02. The molecule has 4 nitrogen and oxygen atoms in total. The molecule has 16 heavy (non-hydrogen) atoms. The fraction of sp³-hybridized carbons (Fsp3) is 0.333. The topological polar surface area (TPSA) is 76.1 Å². The molecule has 0 aromatic heterocycles. The Morgan fingerprint density at radius 3 is 2.56 bits per heavy atom. The number of esters is 1. The van der Waals surface area contributed by atoms with Crippen LogP contribution in [0.4, 0.5) is 5.69 Å². The second kappa shape index (κ2) is 4.23. The molecule has 1 aromatic rings. The monoisotopic (exact) mass is 218 g/mol. The van der Waals surface area contributed by atoms with Gasteiger partial charge in [-0.2, -0.15) is 5.26 Å². The van der Waals surface area contributed by atoms with E-state index in [-0.39, 0.29) is 5.56 Å². The molecule has 2 N–H and O–H groups in total. The molecule has 4 heteroatoms. The molecule has 0 aliphatic heterocycles. The highest BCUT2D eigenvalue weighted by Crippen LogP contribution is 2.18. The van der Waals surface area contributed by atoms with Crippen LogP contribution in [0, 0.1) is 11.3 Å². The molecule has 0 fully saturated rings. The predicted octanol–water partition coefficient (Wildman–Crippen LogP) is 2.10. The van der Waals surface area contributed by atoms with Crippen LogP contribution in [0.3, 0.4) is 0 Å². The Morgan fingerprint density at radius 2 is 2.06 bits per heavy atom. The quantitative estimate of drug-likeness (QED) is 0.578. The van der Waals surface area contributed by atoms with E-state index < -0.39 is 11.6 Å². The van der Waals surface area contributed by atoms with Crippen molar-refractivity contribution in [2.75, 3.05) is 5.73 Å². The van der Waals surface area contributed by atoms with Crippen molar-refractivity contribution >= 4 is 11.7 Å². The van der Waals surface area contributed by atoms with Crippen molar-refractivity contribution in [1.82, 2.24) is 0 Å². The van der Waals surface area contributed by atoms with Crippen LogP contribution in [0.1, 0.15) is 36.7 Å². The highest BCUT2D eigenvalue weighted by Gasteiger charge is 2.19. The lowest BCUT2D eigenvalue weighted by atomic mass is 10.1. The second-order valence-electron chi connectivity index (χ2n) is 4.42. The van der Waals surface area contributed by atoms with Gasteiger partial charge in [-0.15, -0.1) is 0 Å². The average molecular weight is 218 g/mol. The third-order valence-electron chi connectivity index (χ3n) is 1.80. The van der Waals surface area contributed by atoms with Gasteiger partial charge in [0.1, 0.15) is 5.60 Å². The fourth-order valence-corrected chi connectivity index (χ4v) is 1.14. The minimum absolute atomic E-state index is 0.231. The number of benzene rings is 1. The van der Waals surface area contributed by atoms with Crippen LogP contribution in [0.25, 0.3) is 0 Å². The van der Waals surface area contributed by atoms with E-state index in [0.29, 0.717) is 11.3 Å². The molecule has 0 radical (unpaired) electrons. The van der Waals surface area contributed by atoms with Gasteiger partial charge in [0.2, 0.25) is 0 Å². The lowest BCUT2D eigenvalue weighted by Gasteiger charge is -2.20. The highest BCUT2D eigenvalue weighted by atomic mass is 16.6. The van der Waals surface area contributed by atoms with E-state index in [0.717, 1.165) is 0 Å². The molecular formula is C12H14N2O2. The number of carbonyl (C=O) groups excluding carboxylic acids is 1. The number of nitrogens with two attached hydrogens (primary N) is 1. The standard InChI is InChI=1S/C12H14N2O2/c1-12(2,3)16-11(15)9-6-8(7-13)4-5-10(9)14/h4-6H,14H2,1-3H3. The van der Waals surface area contributed by atoms with E-state index in [9.17, 15) is 4.79 Å². The summed E-state index contributed by atoms with van der Waals surface area (Å²) in [6, 6.07) is 6.47. The van der Waals surface area contributed by atoms with Crippen molar-refractivity contribution < 1.29 is 9.53 Å². The molecule has 0 atom stereocenters. The first-order valence-electron chi connectivity index (χ1n) is 4.86. The fourth-order valence-electron chi connectivity index (χ4n) is 1.14. The summed E-state index contributed by atoms with van der Waals surface area (Å²) < 4.78 is 5.18. The predicted molar refractivity (Wildman–Crippen MR) is 60.7 cm³/mol. The molecule has 0 bridgehead atoms. The number of nitrogens with zero attached hydrogens (tertiary/aromatic N) is 1. The van der Waals surface area contributed by atoms with Gasteiger partial charge in [0.05, 0.1) is 17.2 Å². The van der Waals surface area contributed by atoms with Crippen LogP contribution < -0.4 is 5.73 Å². The number of nitriles is 1. The van der Waals surface area contributed by atoms with Gasteiger partial charge in [0.15, 0.2) is 0 Å². The SMILES string of the molecule is CC(C)(C)OC(=O)c1cc(C#N)ccc1N. The van der Waals surface area contributed by atoms with Crippen LogP contribution in [0.5, 0.6) is 0 Å². The molecule has 1 rings (SSSR count). The van der Waals surface area contributed by atoms with Gasteiger partial charge < -0.3 is 10.5 Å². The van der Waals surface area contributed by atoms with Crippen molar-refractivity contribution in [3.05, 3.63) is 29.3 Å². The zero-order valence-electron chi connectivity index (χ0n) is 9.57. The minimum atomic E-state index is -0.577. The summed E-state index contributed by atoms with van der Waals surface area (Å²) in [6.45, 7) is 5.32. The van der Waals surface area contributed by atoms with Gasteiger partial charge in [-0.1, -0.05) is 0 Å². The summed E-state index contributed by atoms with van der Waals surface area (Å²) in [5, 5.41) is 8.72. The summed E-state index contributed by atoms with van der Waals surface area (Å²) in [5.74, 6) is -0.512. The van der Waals surface area contributed by atoms with Gasteiger partial charge in [-0.05, 0) is 39.0 Å². The van der Waals surface area contributed by atoms with Gasteiger partial charge in [-0.25, -0.2) is 4.79 Å². The lowest BCUT2D eigenvalue weighted by Crippen LogP contribution is -2.24. The van der Waals surface area contributed by atoms with Gasteiger partial charge >= 0.3 is 5.97 Å². The third kappa shape index (κ3) is 2.99. The van der Waals surface area contributed by atoms with Crippen LogP contribution in [-0.4, -0.2) is 11.6 Å². The van der Waals surface area contributed by atoms with E-state index in [2.05, 4.69) is 0 Å². The molecule has 0 aliphatic rings. The van der Waals surface area contributed by atoms with Crippen molar-refractivity contribution in [3.8, 4) is 6.07 Å². The molecule has 84 valence electrons. The summed E-state index contributed by atoms with van der Waals surface area (Å²) >= 11 is 0. The van der Waals surface area contributed by atoms with Gasteiger partial charge in [0, 0.05) is 5.69 Å². The Kier molecular flexibility index (Phi) is 3.19. The maximum absolute atomic E-state index is 11.7. The zero-order valence-corrected chi connectivity index (χ0v) is 9.57. The summed E-state index contributed by atoms with van der Waals surface area (Å²) in [7, 11) is 0.